The van der Waals surface area contributed by atoms with Crippen molar-refractivity contribution < 1.29 is 9.53 Å². The zero-order valence-electron chi connectivity index (χ0n) is 10.1. The Morgan fingerprint density at radius 2 is 2.59 bits per heavy atom. The first-order valence-corrected chi connectivity index (χ1v) is 7.07. The van der Waals surface area contributed by atoms with Gasteiger partial charge in [-0.05, 0) is 37.6 Å². The zero-order chi connectivity index (χ0) is 12.1. The summed E-state index contributed by atoms with van der Waals surface area (Å²) in [4.78, 5) is 13.0. The van der Waals surface area contributed by atoms with Gasteiger partial charge in [0.05, 0.1) is 12.1 Å². The number of ether oxygens (including phenoxy) is 1. The molecule has 0 aromatic carbocycles. The number of aryl methyl sites for hydroxylation is 1. The van der Waals surface area contributed by atoms with Gasteiger partial charge < -0.3 is 10.1 Å². The summed E-state index contributed by atoms with van der Waals surface area (Å²) in [5, 5.41) is 5.07. The van der Waals surface area contributed by atoms with Gasteiger partial charge in [0.1, 0.15) is 0 Å². The topological polar surface area (TPSA) is 38.3 Å². The lowest BCUT2D eigenvalue weighted by molar-refractivity contribution is -0.122. The number of thiophene rings is 1. The van der Waals surface area contributed by atoms with E-state index in [1.54, 1.807) is 11.3 Å². The predicted octanol–water partition coefficient (Wildman–Crippen LogP) is 2.36. The second-order valence-corrected chi connectivity index (χ2v) is 5.52. The fourth-order valence-corrected chi connectivity index (χ4v) is 2.82. The second-order valence-electron chi connectivity index (χ2n) is 4.49. The molecule has 1 fully saturated rings. The number of hydrogen-bond acceptors (Lipinski definition) is 3. The van der Waals surface area contributed by atoms with Crippen molar-refractivity contribution in [2.45, 2.75) is 44.8 Å². The molecule has 2 rings (SSSR count). The van der Waals surface area contributed by atoms with Crippen LogP contribution in [0.25, 0.3) is 0 Å². The van der Waals surface area contributed by atoms with E-state index in [2.05, 4.69) is 11.4 Å². The van der Waals surface area contributed by atoms with Crippen LogP contribution in [0.15, 0.2) is 17.5 Å². The second kappa shape index (κ2) is 6.17. The molecule has 0 aliphatic carbocycles. The van der Waals surface area contributed by atoms with Crippen molar-refractivity contribution in [2.75, 3.05) is 6.61 Å². The van der Waals surface area contributed by atoms with Crippen LogP contribution < -0.4 is 5.32 Å². The molecule has 2 atom stereocenters. The van der Waals surface area contributed by atoms with Crippen LogP contribution in [0.3, 0.4) is 0 Å². The maximum atomic E-state index is 11.7. The summed E-state index contributed by atoms with van der Waals surface area (Å²) in [5.41, 5.74) is 0. The maximum Gasteiger partial charge on any atom is 0.220 e. The quantitative estimate of drug-likeness (QED) is 0.875. The van der Waals surface area contributed by atoms with E-state index in [0.29, 0.717) is 6.42 Å². The molecule has 1 amide bonds. The van der Waals surface area contributed by atoms with E-state index >= 15 is 0 Å². The molecule has 3 nitrogen and oxygen atoms in total. The Hall–Kier alpha value is -0.870. The Morgan fingerprint density at radius 3 is 3.24 bits per heavy atom. The van der Waals surface area contributed by atoms with Crippen LogP contribution >= 0.6 is 11.3 Å². The molecule has 94 valence electrons. The van der Waals surface area contributed by atoms with Crippen molar-refractivity contribution in [3.8, 4) is 0 Å². The third-order valence-electron chi connectivity index (χ3n) is 3.09. The van der Waals surface area contributed by atoms with E-state index < -0.39 is 0 Å². The first-order valence-electron chi connectivity index (χ1n) is 6.19. The van der Waals surface area contributed by atoms with Gasteiger partial charge in [0.15, 0.2) is 0 Å². The van der Waals surface area contributed by atoms with Crippen LogP contribution in [0.1, 0.15) is 31.1 Å². The summed E-state index contributed by atoms with van der Waals surface area (Å²) in [6.45, 7) is 2.86. The molecular formula is C13H19NO2S. The van der Waals surface area contributed by atoms with Crippen LogP contribution in [0.4, 0.5) is 0 Å². The lowest BCUT2D eigenvalue weighted by atomic mass is 10.1. The summed E-state index contributed by atoms with van der Waals surface area (Å²) in [5.74, 6) is 0.126. The number of rotatable bonds is 5. The highest BCUT2D eigenvalue weighted by Crippen LogP contribution is 2.16. The van der Waals surface area contributed by atoms with E-state index in [4.69, 9.17) is 4.74 Å². The number of carbonyl (C=O) groups is 1. The average Bonchev–Trinajstić information content (AvgIpc) is 2.99. The van der Waals surface area contributed by atoms with Gasteiger partial charge in [-0.15, -0.1) is 11.3 Å². The molecule has 1 aromatic heterocycles. The molecule has 0 unspecified atom stereocenters. The van der Waals surface area contributed by atoms with E-state index in [1.807, 2.05) is 18.4 Å². The van der Waals surface area contributed by atoms with Crippen LogP contribution in [-0.2, 0) is 16.0 Å². The number of carbonyl (C=O) groups excluding carboxylic acids is 1. The molecule has 1 saturated heterocycles. The summed E-state index contributed by atoms with van der Waals surface area (Å²) < 4.78 is 5.55. The van der Waals surface area contributed by atoms with Gasteiger partial charge in [0.2, 0.25) is 5.91 Å². The summed E-state index contributed by atoms with van der Waals surface area (Å²) in [6, 6.07) is 4.22. The smallest absolute Gasteiger partial charge is 0.220 e. The zero-order valence-corrected chi connectivity index (χ0v) is 11.0. The molecule has 0 saturated carbocycles. The lowest BCUT2D eigenvalue weighted by Gasteiger charge is -2.19. The molecule has 1 aliphatic heterocycles. The predicted molar refractivity (Wildman–Crippen MR) is 69.2 cm³/mol. The molecule has 0 spiro atoms. The van der Waals surface area contributed by atoms with Gasteiger partial charge in [0.25, 0.3) is 0 Å². The Balaban J connectivity index is 1.69. The monoisotopic (exact) mass is 253 g/mol. The van der Waals surface area contributed by atoms with Gasteiger partial charge in [-0.25, -0.2) is 0 Å². The number of nitrogens with one attached hydrogen (secondary N) is 1. The average molecular weight is 253 g/mol. The highest BCUT2D eigenvalue weighted by Gasteiger charge is 2.23. The Labute approximate surface area is 106 Å². The molecule has 0 radical (unpaired) electrons. The van der Waals surface area contributed by atoms with Crippen molar-refractivity contribution in [3.05, 3.63) is 22.4 Å². The normalized spacial score (nSPS) is 21.4. The van der Waals surface area contributed by atoms with Gasteiger partial charge >= 0.3 is 0 Å². The molecule has 1 N–H and O–H groups in total. The molecule has 17 heavy (non-hydrogen) atoms. The summed E-state index contributed by atoms with van der Waals surface area (Å²) >= 11 is 1.70. The maximum absolute atomic E-state index is 11.7. The molecule has 2 heterocycles. The molecule has 0 bridgehead atoms. The number of amides is 1. The van der Waals surface area contributed by atoms with Crippen molar-refractivity contribution in [1.29, 1.82) is 0 Å². The highest BCUT2D eigenvalue weighted by molar-refractivity contribution is 7.09. The summed E-state index contributed by atoms with van der Waals surface area (Å²) in [6.07, 6.45) is 3.78. The molecule has 4 heteroatoms. The van der Waals surface area contributed by atoms with E-state index in [9.17, 15) is 4.79 Å². The highest BCUT2D eigenvalue weighted by atomic mass is 32.1. The SMILES string of the molecule is C[C@H](NC(=O)CCc1cccs1)[C@@H]1CCCO1. The third-order valence-corrected chi connectivity index (χ3v) is 4.03. The van der Waals surface area contributed by atoms with Gasteiger partial charge in [-0.2, -0.15) is 0 Å². The van der Waals surface area contributed by atoms with E-state index in [1.165, 1.54) is 4.88 Å². The standard InChI is InChI=1S/C13H19NO2S/c1-10(12-5-2-8-16-12)14-13(15)7-6-11-4-3-9-17-11/h3-4,9-10,12H,2,5-8H2,1H3,(H,14,15)/t10-,12-/m0/s1. The van der Waals surface area contributed by atoms with Crippen LogP contribution in [-0.4, -0.2) is 24.7 Å². The molecule has 1 aromatic rings. The molecular weight excluding hydrogens is 234 g/mol. The first-order chi connectivity index (χ1) is 8.25. The van der Waals surface area contributed by atoms with E-state index in [0.717, 1.165) is 25.9 Å². The minimum atomic E-state index is 0.126. The molecule has 1 aliphatic rings. The van der Waals surface area contributed by atoms with Crippen molar-refractivity contribution in [2.24, 2.45) is 0 Å². The van der Waals surface area contributed by atoms with Crippen molar-refractivity contribution >= 4 is 17.2 Å². The van der Waals surface area contributed by atoms with Crippen molar-refractivity contribution in [3.63, 3.8) is 0 Å². The van der Waals surface area contributed by atoms with Crippen LogP contribution in [0, 0.1) is 0 Å². The number of hydrogen-bond donors (Lipinski definition) is 1. The fraction of sp³-hybridized carbons (Fsp3) is 0.615. The minimum absolute atomic E-state index is 0.126. The van der Waals surface area contributed by atoms with Gasteiger partial charge in [-0.1, -0.05) is 6.07 Å². The minimum Gasteiger partial charge on any atom is -0.376 e. The third kappa shape index (κ3) is 3.82. The van der Waals surface area contributed by atoms with Crippen LogP contribution in [0.5, 0.6) is 0 Å². The van der Waals surface area contributed by atoms with Crippen molar-refractivity contribution in [1.82, 2.24) is 5.32 Å². The Kier molecular flexibility index (Phi) is 4.57. The van der Waals surface area contributed by atoms with Crippen LogP contribution in [0.2, 0.25) is 0 Å². The fourth-order valence-electron chi connectivity index (χ4n) is 2.11. The Morgan fingerprint density at radius 1 is 1.71 bits per heavy atom. The largest absolute Gasteiger partial charge is 0.376 e. The van der Waals surface area contributed by atoms with Gasteiger partial charge in [-0.3, -0.25) is 4.79 Å². The van der Waals surface area contributed by atoms with E-state index in [-0.39, 0.29) is 18.1 Å². The van der Waals surface area contributed by atoms with Gasteiger partial charge in [0, 0.05) is 17.9 Å². The first kappa shape index (κ1) is 12.6. The Bertz CT molecular complexity index is 344. The summed E-state index contributed by atoms with van der Waals surface area (Å²) in [7, 11) is 0. The lowest BCUT2D eigenvalue weighted by Crippen LogP contribution is -2.40.